The predicted molar refractivity (Wildman–Crippen MR) is 161 cm³/mol. The molecule has 0 spiro atoms. The quantitative estimate of drug-likeness (QED) is 0.163. The van der Waals surface area contributed by atoms with Crippen LogP contribution in [0.15, 0.2) is 132 Å². The third-order valence-corrected chi connectivity index (χ3v) is 9.42. The number of thiazole rings is 1. The number of nitrogens with one attached hydrogen (secondary N) is 1. The van der Waals surface area contributed by atoms with Crippen molar-refractivity contribution >= 4 is 44.3 Å². The zero-order valence-corrected chi connectivity index (χ0v) is 22.6. The van der Waals surface area contributed by atoms with Crippen molar-refractivity contribution in [3.63, 3.8) is 0 Å². The number of H-pyrrole nitrogens is 1. The van der Waals surface area contributed by atoms with Crippen LogP contribution in [-0.4, -0.2) is 20.4 Å². The third-order valence-electron chi connectivity index (χ3n) is 7.20. The lowest BCUT2D eigenvalue weighted by molar-refractivity contribution is 0.742. The Kier molecular flexibility index (Phi) is 6.19. The van der Waals surface area contributed by atoms with Crippen LogP contribution in [0.25, 0.3) is 21.3 Å². The number of fused-ring (bicyclic) bond motifs is 2. The van der Waals surface area contributed by atoms with Crippen molar-refractivity contribution in [2.24, 2.45) is 0 Å². The molecule has 0 aliphatic carbocycles. The van der Waals surface area contributed by atoms with E-state index in [-0.39, 0.29) is 0 Å². The van der Waals surface area contributed by atoms with Crippen LogP contribution in [0.4, 0.5) is 0 Å². The minimum Gasteiger partial charge on any atom is -0.230 e. The van der Waals surface area contributed by atoms with Crippen molar-refractivity contribution in [2.75, 3.05) is 0 Å². The molecule has 0 atom stereocenters. The number of nitrogens with zero attached hydrogens (tertiary/aromatic N) is 3. The van der Waals surface area contributed by atoms with Crippen LogP contribution in [0.5, 0.6) is 0 Å². The van der Waals surface area contributed by atoms with E-state index in [0.29, 0.717) is 0 Å². The second-order valence-electron chi connectivity index (χ2n) is 9.38. The van der Waals surface area contributed by atoms with Crippen molar-refractivity contribution in [1.29, 1.82) is 0 Å². The van der Waals surface area contributed by atoms with E-state index in [1.54, 1.807) is 23.1 Å². The molecule has 6 heteroatoms. The number of aromatic amines is 1. The summed E-state index contributed by atoms with van der Waals surface area (Å²) >= 11 is 3.52. The van der Waals surface area contributed by atoms with E-state index in [4.69, 9.17) is 10.1 Å². The van der Waals surface area contributed by atoms with Crippen molar-refractivity contribution < 1.29 is 0 Å². The van der Waals surface area contributed by atoms with E-state index in [0.717, 1.165) is 32.2 Å². The first-order chi connectivity index (χ1) is 19.3. The summed E-state index contributed by atoms with van der Waals surface area (Å²) in [5.74, 6) is 0.756. The van der Waals surface area contributed by atoms with Gasteiger partial charge in [0, 0.05) is 11.3 Å². The minimum atomic E-state index is -0.607. The van der Waals surface area contributed by atoms with E-state index in [2.05, 4.69) is 132 Å². The molecule has 2 aromatic heterocycles. The summed E-state index contributed by atoms with van der Waals surface area (Å²) in [5.41, 5.74) is 8.08. The average Bonchev–Trinajstić information content (AvgIpc) is 3.66. The van der Waals surface area contributed by atoms with Gasteiger partial charge in [-0.15, -0.1) is 11.3 Å². The van der Waals surface area contributed by atoms with Gasteiger partial charge in [0.15, 0.2) is 4.34 Å². The molecule has 0 aliphatic heterocycles. The van der Waals surface area contributed by atoms with Gasteiger partial charge in [-0.25, -0.2) is 4.98 Å². The molecular weight excluding hydrogens is 517 g/mol. The lowest BCUT2D eigenvalue weighted by Crippen LogP contribution is -2.32. The van der Waals surface area contributed by atoms with Gasteiger partial charge in [-0.3, -0.25) is 0 Å². The van der Waals surface area contributed by atoms with Crippen molar-refractivity contribution in [3.8, 4) is 0 Å². The first kappa shape index (κ1) is 23.8. The van der Waals surface area contributed by atoms with Crippen LogP contribution in [0.1, 0.15) is 27.8 Å². The Bertz CT molecular complexity index is 1730. The smallest absolute Gasteiger partial charge is 0.151 e. The Balaban J connectivity index is 1.50. The minimum absolute atomic E-state index is 0.607. The van der Waals surface area contributed by atoms with Gasteiger partial charge in [0.1, 0.15) is 11.0 Å². The van der Waals surface area contributed by atoms with E-state index in [1.165, 1.54) is 27.0 Å². The topological polar surface area (TPSA) is 54.5 Å². The van der Waals surface area contributed by atoms with E-state index >= 15 is 0 Å². The molecule has 0 radical (unpaired) electrons. The molecule has 188 valence electrons. The number of para-hydroxylation sites is 1. The average molecular weight is 541 g/mol. The van der Waals surface area contributed by atoms with Gasteiger partial charge >= 0.3 is 0 Å². The number of aromatic nitrogens is 4. The summed E-state index contributed by atoms with van der Waals surface area (Å²) < 4.78 is 2.27. The molecule has 0 bridgehead atoms. The van der Waals surface area contributed by atoms with Crippen LogP contribution in [0.2, 0.25) is 0 Å². The molecule has 0 unspecified atom stereocenters. The molecule has 7 aromatic rings. The van der Waals surface area contributed by atoms with Crippen molar-refractivity contribution in [2.45, 2.75) is 15.5 Å². The fraction of sp³-hybridized carbons (Fsp3) is 0.0606. The SMILES string of the molecule is c1ccc(C(c2ccccc2)(c2ccccc2)c2c(CSc3nc4ccccc4s3)ccc3n[nH]nc23)cc1. The molecule has 0 aliphatic rings. The summed E-state index contributed by atoms with van der Waals surface area (Å²) in [7, 11) is 0. The van der Waals surface area contributed by atoms with Crippen LogP contribution < -0.4 is 0 Å². The maximum absolute atomic E-state index is 4.89. The largest absolute Gasteiger partial charge is 0.230 e. The molecule has 0 saturated heterocycles. The van der Waals surface area contributed by atoms with Gasteiger partial charge in [-0.05, 0) is 40.5 Å². The van der Waals surface area contributed by atoms with Gasteiger partial charge in [0.05, 0.1) is 15.6 Å². The van der Waals surface area contributed by atoms with E-state index in [1.807, 2.05) is 6.07 Å². The molecule has 39 heavy (non-hydrogen) atoms. The summed E-state index contributed by atoms with van der Waals surface area (Å²) in [4.78, 5) is 4.89. The molecule has 2 heterocycles. The van der Waals surface area contributed by atoms with Crippen LogP contribution in [0, 0.1) is 0 Å². The molecule has 7 rings (SSSR count). The third kappa shape index (κ3) is 4.13. The number of benzene rings is 5. The predicted octanol–water partition coefficient (Wildman–Crippen LogP) is 8.24. The van der Waals surface area contributed by atoms with Crippen LogP contribution in [-0.2, 0) is 11.2 Å². The number of rotatable bonds is 7. The molecule has 4 nitrogen and oxygen atoms in total. The molecular formula is C33H24N4S2. The second-order valence-corrected chi connectivity index (χ2v) is 11.6. The fourth-order valence-corrected chi connectivity index (χ4v) is 7.60. The summed E-state index contributed by atoms with van der Waals surface area (Å²) in [5, 5.41) is 12.2. The summed E-state index contributed by atoms with van der Waals surface area (Å²) in [6.07, 6.45) is 0. The van der Waals surface area contributed by atoms with Crippen LogP contribution >= 0.6 is 23.1 Å². The highest BCUT2D eigenvalue weighted by Gasteiger charge is 2.41. The van der Waals surface area contributed by atoms with Gasteiger partial charge in [0.25, 0.3) is 0 Å². The number of thioether (sulfide) groups is 1. The molecule has 0 saturated carbocycles. The van der Waals surface area contributed by atoms with E-state index in [9.17, 15) is 0 Å². The summed E-state index contributed by atoms with van der Waals surface area (Å²) in [6.45, 7) is 0. The van der Waals surface area contributed by atoms with Crippen LogP contribution in [0.3, 0.4) is 0 Å². The lowest BCUT2D eigenvalue weighted by atomic mass is 9.63. The van der Waals surface area contributed by atoms with Gasteiger partial charge < -0.3 is 0 Å². The lowest BCUT2D eigenvalue weighted by Gasteiger charge is -2.38. The maximum Gasteiger partial charge on any atom is 0.151 e. The standard InChI is InChI=1S/C33H24N4S2/c1-4-12-24(13-5-1)33(25-14-6-2-7-15-25,26-16-8-3-9-17-26)30-23(20-21-28-31(30)36-37-35-28)22-38-32-34-27-18-10-11-19-29(27)39-32/h1-21H,22H2,(H,35,36,37). The zero-order chi connectivity index (χ0) is 26.1. The van der Waals surface area contributed by atoms with Gasteiger partial charge in [0.2, 0.25) is 0 Å². The maximum atomic E-state index is 4.89. The van der Waals surface area contributed by atoms with Crippen molar-refractivity contribution in [1.82, 2.24) is 20.4 Å². The Morgan fingerprint density at radius 3 is 1.82 bits per heavy atom. The second kappa shape index (κ2) is 10.1. The number of hydrogen-bond donors (Lipinski definition) is 1. The Morgan fingerprint density at radius 2 is 1.21 bits per heavy atom. The summed E-state index contributed by atoms with van der Waals surface area (Å²) in [6, 6.07) is 44.9. The molecule has 5 aromatic carbocycles. The first-order valence-corrected chi connectivity index (χ1v) is 14.6. The van der Waals surface area contributed by atoms with E-state index < -0.39 is 5.41 Å². The zero-order valence-electron chi connectivity index (χ0n) is 21.0. The van der Waals surface area contributed by atoms with Crippen molar-refractivity contribution in [3.05, 3.63) is 155 Å². The number of hydrogen-bond acceptors (Lipinski definition) is 5. The first-order valence-electron chi connectivity index (χ1n) is 12.8. The molecule has 0 amide bonds. The van der Waals surface area contributed by atoms with Gasteiger partial charge in [-0.2, -0.15) is 15.4 Å². The highest BCUT2D eigenvalue weighted by Crippen LogP contribution is 2.49. The Labute approximate surface area is 234 Å². The Hall–Kier alpha value is -4.26. The Morgan fingerprint density at radius 1 is 0.615 bits per heavy atom. The fourth-order valence-electron chi connectivity index (χ4n) is 5.54. The highest BCUT2D eigenvalue weighted by molar-refractivity contribution is 8.00. The monoisotopic (exact) mass is 540 g/mol. The molecule has 0 fully saturated rings. The molecule has 1 N–H and O–H groups in total. The normalized spacial score (nSPS) is 11.8. The van der Waals surface area contributed by atoms with Gasteiger partial charge in [-0.1, -0.05) is 121 Å². The highest BCUT2D eigenvalue weighted by atomic mass is 32.2.